The SMILES string of the molecule is C=CCC[C@@H](O)CN(Cc1c(-c2ccccc2)nn(C)c1Oc1ccccc1)C(C)C. The second kappa shape index (κ2) is 10.9. The Morgan fingerprint density at radius 2 is 1.74 bits per heavy atom. The number of hydrogen-bond donors (Lipinski definition) is 1. The van der Waals surface area contributed by atoms with Crippen molar-refractivity contribution < 1.29 is 9.84 Å². The molecule has 0 saturated carbocycles. The van der Waals surface area contributed by atoms with Crippen molar-refractivity contribution in [3.63, 3.8) is 0 Å². The molecule has 0 fully saturated rings. The predicted molar refractivity (Wildman–Crippen MR) is 126 cm³/mol. The highest BCUT2D eigenvalue weighted by molar-refractivity contribution is 5.65. The van der Waals surface area contributed by atoms with E-state index in [1.807, 2.05) is 61.7 Å². The minimum atomic E-state index is -0.407. The molecule has 1 atom stereocenters. The Morgan fingerprint density at radius 1 is 1.10 bits per heavy atom. The van der Waals surface area contributed by atoms with Crippen molar-refractivity contribution >= 4 is 0 Å². The van der Waals surface area contributed by atoms with Crippen LogP contribution in [0.4, 0.5) is 0 Å². The predicted octanol–water partition coefficient (Wildman–Crippen LogP) is 5.42. The van der Waals surface area contributed by atoms with Crippen LogP contribution in [0.5, 0.6) is 11.6 Å². The van der Waals surface area contributed by atoms with E-state index < -0.39 is 6.10 Å². The number of aryl methyl sites for hydroxylation is 1. The highest BCUT2D eigenvalue weighted by Crippen LogP contribution is 2.34. The van der Waals surface area contributed by atoms with Gasteiger partial charge in [0.2, 0.25) is 5.88 Å². The summed E-state index contributed by atoms with van der Waals surface area (Å²) in [6.07, 6.45) is 2.95. The molecule has 5 nitrogen and oxygen atoms in total. The van der Waals surface area contributed by atoms with Gasteiger partial charge in [0.25, 0.3) is 0 Å². The molecule has 0 bridgehead atoms. The van der Waals surface area contributed by atoms with Gasteiger partial charge in [-0.15, -0.1) is 6.58 Å². The molecule has 0 spiro atoms. The minimum absolute atomic E-state index is 0.256. The minimum Gasteiger partial charge on any atom is -0.439 e. The molecule has 164 valence electrons. The van der Waals surface area contributed by atoms with Gasteiger partial charge in [-0.2, -0.15) is 5.10 Å². The van der Waals surface area contributed by atoms with Crippen LogP contribution < -0.4 is 4.74 Å². The van der Waals surface area contributed by atoms with Gasteiger partial charge in [0.05, 0.1) is 11.7 Å². The van der Waals surface area contributed by atoms with Crippen molar-refractivity contribution in [2.24, 2.45) is 7.05 Å². The van der Waals surface area contributed by atoms with E-state index in [2.05, 4.69) is 37.5 Å². The lowest BCUT2D eigenvalue weighted by Crippen LogP contribution is -2.37. The van der Waals surface area contributed by atoms with Crippen LogP contribution in [0.3, 0.4) is 0 Å². The molecule has 3 rings (SSSR count). The molecule has 1 heterocycles. The van der Waals surface area contributed by atoms with Gasteiger partial charge in [0.1, 0.15) is 11.4 Å². The highest BCUT2D eigenvalue weighted by atomic mass is 16.5. The lowest BCUT2D eigenvalue weighted by atomic mass is 10.1. The first-order valence-electron chi connectivity index (χ1n) is 10.9. The number of para-hydroxylation sites is 1. The maximum atomic E-state index is 10.5. The van der Waals surface area contributed by atoms with Gasteiger partial charge in [-0.25, -0.2) is 4.68 Å². The number of aliphatic hydroxyl groups is 1. The third kappa shape index (κ3) is 6.06. The molecule has 2 aromatic carbocycles. The number of allylic oxidation sites excluding steroid dienone is 1. The summed E-state index contributed by atoms with van der Waals surface area (Å²) in [7, 11) is 1.91. The van der Waals surface area contributed by atoms with Crippen molar-refractivity contribution in [1.29, 1.82) is 0 Å². The number of rotatable bonds is 11. The first-order valence-corrected chi connectivity index (χ1v) is 10.9. The fourth-order valence-corrected chi connectivity index (χ4v) is 3.58. The fraction of sp³-hybridized carbons (Fsp3) is 0.346. The Labute approximate surface area is 185 Å². The van der Waals surface area contributed by atoms with E-state index in [0.717, 1.165) is 34.9 Å². The van der Waals surface area contributed by atoms with Crippen LogP contribution in [-0.4, -0.2) is 38.5 Å². The summed E-state index contributed by atoms with van der Waals surface area (Å²) in [5.74, 6) is 1.49. The first-order chi connectivity index (χ1) is 15.0. The van der Waals surface area contributed by atoms with Crippen LogP contribution in [0, 0.1) is 0 Å². The molecule has 0 aliphatic rings. The zero-order valence-electron chi connectivity index (χ0n) is 18.7. The van der Waals surface area contributed by atoms with E-state index in [1.165, 1.54) is 0 Å². The fourth-order valence-electron chi connectivity index (χ4n) is 3.58. The van der Waals surface area contributed by atoms with Crippen molar-refractivity contribution in [3.05, 3.63) is 78.9 Å². The van der Waals surface area contributed by atoms with Gasteiger partial charge in [0.15, 0.2) is 0 Å². The van der Waals surface area contributed by atoms with E-state index in [1.54, 1.807) is 4.68 Å². The smallest absolute Gasteiger partial charge is 0.222 e. The van der Waals surface area contributed by atoms with Crippen molar-refractivity contribution in [2.75, 3.05) is 6.54 Å². The second-order valence-corrected chi connectivity index (χ2v) is 8.08. The van der Waals surface area contributed by atoms with Crippen LogP contribution in [0.2, 0.25) is 0 Å². The third-order valence-electron chi connectivity index (χ3n) is 5.33. The number of nitrogens with zero attached hydrogens (tertiary/aromatic N) is 3. The van der Waals surface area contributed by atoms with Gasteiger partial charge < -0.3 is 9.84 Å². The summed E-state index contributed by atoms with van der Waals surface area (Å²) in [5, 5.41) is 15.3. The Morgan fingerprint density at radius 3 is 2.35 bits per heavy atom. The quantitative estimate of drug-likeness (QED) is 0.422. The summed E-state index contributed by atoms with van der Waals surface area (Å²) in [5.41, 5.74) is 2.97. The molecule has 3 aromatic rings. The number of hydrogen-bond acceptors (Lipinski definition) is 4. The molecule has 5 heteroatoms. The standard InChI is InChI=1S/C26H33N3O2/c1-5-6-15-22(30)18-29(20(2)3)19-24-25(21-13-9-7-10-14-21)27-28(4)26(24)31-23-16-11-8-12-17-23/h5,7-14,16-17,20,22,30H,1,6,15,18-19H2,2-4H3/t22-/m1/s1. The molecule has 0 amide bonds. The van der Waals surface area contributed by atoms with Gasteiger partial charge >= 0.3 is 0 Å². The van der Waals surface area contributed by atoms with Crippen molar-refractivity contribution in [2.45, 2.75) is 45.4 Å². The molecule has 0 aliphatic carbocycles. The summed E-state index contributed by atoms with van der Waals surface area (Å²) in [6, 6.07) is 20.2. The van der Waals surface area contributed by atoms with Gasteiger partial charge in [-0.05, 0) is 38.8 Å². The third-order valence-corrected chi connectivity index (χ3v) is 5.33. The van der Waals surface area contributed by atoms with Crippen LogP contribution in [0.15, 0.2) is 73.3 Å². The van der Waals surface area contributed by atoms with E-state index in [-0.39, 0.29) is 6.04 Å². The van der Waals surface area contributed by atoms with E-state index in [4.69, 9.17) is 9.84 Å². The van der Waals surface area contributed by atoms with Crippen molar-refractivity contribution in [3.8, 4) is 22.9 Å². The largest absolute Gasteiger partial charge is 0.439 e. The highest BCUT2D eigenvalue weighted by Gasteiger charge is 2.24. The Bertz CT molecular complexity index is 952. The monoisotopic (exact) mass is 419 g/mol. The molecule has 0 saturated heterocycles. The lowest BCUT2D eigenvalue weighted by molar-refractivity contribution is 0.0851. The van der Waals surface area contributed by atoms with E-state index >= 15 is 0 Å². The Hall–Kier alpha value is -2.89. The maximum absolute atomic E-state index is 10.5. The lowest BCUT2D eigenvalue weighted by Gasteiger charge is -2.29. The molecule has 0 unspecified atom stereocenters. The Balaban J connectivity index is 1.97. The number of aliphatic hydroxyl groups excluding tert-OH is 1. The van der Waals surface area contributed by atoms with Crippen LogP contribution >= 0.6 is 0 Å². The number of aromatic nitrogens is 2. The molecule has 0 radical (unpaired) electrons. The van der Waals surface area contributed by atoms with Crippen LogP contribution in [0.1, 0.15) is 32.3 Å². The van der Waals surface area contributed by atoms with Crippen LogP contribution in [-0.2, 0) is 13.6 Å². The average molecular weight is 420 g/mol. The second-order valence-electron chi connectivity index (χ2n) is 8.08. The topological polar surface area (TPSA) is 50.5 Å². The molecular weight excluding hydrogens is 386 g/mol. The summed E-state index contributed by atoms with van der Waals surface area (Å²) >= 11 is 0. The van der Waals surface area contributed by atoms with Gasteiger partial charge in [0, 0.05) is 31.7 Å². The molecule has 31 heavy (non-hydrogen) atoms. The molecule has 1 aromatic heterocycles. The number of benzene rings is 2. The van der Waals surface area contributed by atoms with Gasteiger partial charge in [-0.1, -0.05) is 54.6 Å². The molecule has 1 N–H and O–H groups in total. The Kier molecular flexibility index (Phi) is 8.04. The normalized spacial score (nSPS) is 12.3. The summed E-state index contributed by atoms with van der Waals surface area (Å²) in [6.45, 7) is 9.27. The number of ether oxygens (including phenoxy) is 1. The zero-order valence-corrected chi connectivity index (χ0v) is 18.7. The molecule has 0 aliphatic heterocycles. The van der Waals surface area contributed by atoms with E-state index in [0.29, 0.717) is 19.5 Å². The van der Waals surface area contributed by atoms with Crippen LogP contribution in [0.25, 0.3) is 11.3 Å². The summed E-state index contributed by atoms with van der Waals surface area (Å²) < 4.78 is 8.09. The molecular formula is C26H33N3O2. The van der Waals surface area contributed by atoms with E-state index in [9.17, 15) is 5.11 Å². The zero-order chi connectivity index (χ0) is 22.2. The summed E-state index contributed by atoms with van der Waals surface area (Å²) in [4.78, 5) is 2.27. The maximum Gasteiger partial charge on any atom is 0.222 e. The van der Waals surface area contributed by atoms with Gasteiger partial charge in [-0.3, -0.25) is 4.90 Å². The average Bonchev–Trinajstić information content (AvgIpc) is 3.08. The first kappa shape index (κ1) is 22.8. The van der Waals surface area contributed by atoms with Crippen molar-refractivity contribution in [1.82, 2.24) is 14.7 Å².